The summed E-state index contributed by atoms with van der Waals surface area (Å²) in [7, 11) is 0. The van der Waals surface area contributed by atoms with Gasteiger partial charge in [0.2, 0.25) is 0 Å². The van der Waals surface area contributed by atoms with Crippen LogP contribution in [0.15, 0.2) is 90.0 Å². The van der Waals surface area contributed by atoms with Crippen molar-refractivity contribution in [1.82, 2.24) is 20.2 Å². The largest absolute Gasteiger partial charge is 0.354 e. The molecule has 5 heteroatoms. The average molecular weight is 390 g/mol. The molecule has 30 heavy (non-hydrogen) atoms. The van der Waals surface area contributed by atoms with E-state index in [1.807, 2.05) is 66.7 Å². The maximum absolute atomic E-state index is 12.7. The van der Waals surface area contributed by atoms with Gasteiger partial charge in [-0.15, -0.1) is 0 Å². The van der Waals surface area contributed by atoms with E-state index in [0.717, 1.165) is 33.3 Å². The van der Waals surface area contributed by atoms with Crippen LogP contribution in [0.2, 0.25) is 0 Å². The maximum atomic E-state index is 12.7. The molecule has 0 radical (unpaired) electrons. The van der Waals surface area contributed by atoms with Crippen LogP contribution in [0, 0.1) is 0 Å². The van der Waals surface area contributed by atoms with Crippen LogP contribution in [0.5, 0.6) is 0 Å². The topological polar surface area (TPSA) is 74.4 Å². The van der Waals surface area contributed by atoms with Crippen LogP contribution in [-0.2, 0) is 0 Å². The number of pyridine rings is 1. The van der Waals surface area contributed by atoms with Gasteiger partial charge in [-0.25, -0.2) is 5.10 Å². The molecule has 0 aliphatic carbocycles. The van der Waals surface area contributed by atoms with E-state index in [2.05, 4.69) is 38.4 Å². The number of fused-ring (bicyclic) bond motifs is 1. The quantitative estimate of drug-likeness (QED) is 0.446. The summed E-state index contributed by atoms with van der Waals surface area (Å²) in [6, 6.07) is 23.7. The van der Waals surface area contributed by atoms with Crippen LogP contribution in [-0.4, -0.2) is 20.2 Å². The second-order valence-corrected chi connectivity index (χ2v) is 6.94. The Bertz CT molecular complexity index is 1400. The first-order valence-corrected chi connectivity index (χ1v) is 9.64. The van der Waals surface area contributed by atoms with Gasteiger partial charge in [-0.05, 0) is 29.8 Å². The van der Waals surface area contributed by atoms with Crippen molar-refractivity contribution >= 4 is 23.1 Å². The summed E-state index contributed by atoms with van der Waals surface area (Å²) in [5, 5.41) is 7.91. The molecule has 0 saturated carbocycles. The second kappa shape index (κ2) is 7.64. The van der Waals surface area contributed by atoms with E-state index in [-0.39, 0.29) is 5.56 Å². The van der Waals surface area contributed by atoms with Gasteiger partial charge in [-0.1, -0.05) is 60.7 Å². The normalized spacial score (nSPS) is 11.3. The van der Waals surface area contributed by atoms with E-state index in [4.69, 9.17) is 0 Å². The molecule has 3 aromatic heterocycles. The Balaban J connectivity index is 1.70. The van der Waals surface area contributed by atoms with Crippen LogP contribution < -0.4 is 5.56 Å². The number of nitrogens with one attached hydrogen (secondary N) is 2. The fourth-order valence-electron chi connectivity index (χ4n) is 3.55. The van der Waals surface area contributed by atoms with E-state index >= 15 is 0 Å². The van der Waals surface area contributed by atoms with Crippen molar-refractivity contribution in [1.29, 1.82) is 0 Å². The first-order chi connectivity index (χ1) is 14.8. The zero-order valence-electron chi connectivity index (χ0n) is 16.0. The van der Waals surface area contributed by atoms with Crippen molar-refractivity contribution in [2.75, 3.05) is 0 Å². The van der Waals surface area contributed by atoms with Gasteiger partial charge in [-0.2, -0.15) is 5.10 Å². The first-order valence-electron chi connectivity index (χ1n) is 9.64. The van der Waals surface area contributed by atoms with E-state index in [1.165, 1.54) is 0 Å². The number of hydrogen-bond donors (Lipinski definition) is 2. The third kappa shape index (κ3) is 3.33. The van der Waals surface area contributed by atoms with Crippen LogP contribution in [0.1, 0.15) is 11.1 Å². The lowest BCUT2D eigenvalue weighted by Crippen LogP contribution is -2.12. The van der Waals surface area contributed by atoms with Crippen molar-refractivity contribution in [3.63, 3.8) is 0 Å². The SMILES string of the molecule is O=c1[nH]nc(-c2ccncc2)cc1-c1[nH]c2ccccc2c1C=Cc1ccccc1. The van der Waals surface area contributed by atoms with Crippen LogP contribution in [0.3, 0.4) is 0 Å². The number of rotatable bonds is 4. The molecule has 0 saturated heterocycles. The minimum atomic E-state index is -0.242. The minimum Gasteiger partial charge on any atom is -0.354 e. The molecule has 2 N–H and O–H groups in total. The number of hydrogen-bond acceptors (Lipinski definition) is 3. The monoisotopic (exact) mass is 390 g/mol. The molecule has 2 aromatic carbocycles. The van der Waals surface area contributed by atoms with Crippen molar-refractivity contribution in [3.05, 3.63) is 107 Å². The highest BCUT2D eigenvalue weighted by molar-refractivity contribution is 5.98. The molecule has 5 nitrogen and oxygen atoms in total. The first kappa shape index (κ1) is 17.8. The number of benzene rings is 2. The van der Waals surface area contributed by atoms with Crippen LogP contribution >= 0.6 is 0 Å². The molecule has 0 bridgehead atoms. The molecule has 0 amide bonds. The summed E-state index contributed by atoms with van der Waals surface area (Å²) >= 11 is 0. The summed E-state index contributed by atoms with van der Waals surface area (Å²) in [6.07, 6.45) is 7.52. The highest BCUT2D eigenvalue weighted by Gasteiger charge is 2.15. The lowest BCUT2D eigenvalue weighted by atomic mass is 10.0. The van der Waals surface area contributed by atoms with E-state index in [0.29, 0.717) is 11.3 Å². The molecule has 0 aliphatic rings. The van der Waals surface area contributed by atoms with Gasteiger partial charge in [0.15, 0.2) is 0 Å². The van der Waals surface area contributed by atoms with Gasteiger partial charge in [0.25, 0.3) is 5.56 Å². The summed E-state index contributed by atoms with van der Waals surface area (Å²) in [4.78, 5) is 20.2. The van der Waals surface area contributed by atoms with Gasteiger partial charge >= 0.3 is 0 Å². The molecule has 5 aromatic rings. The zero-order valence-corrected chi connectivity index (χ0v) is 16.0. The summed E-state index contributed by atoms with van der Waals surface area (Å²) in [5.74, 6) is 0. The van der Waals surface area contributed by atoms with Crippen LogP contribution in [0.25, 0.3) is 45.6 Å². The zero-order chi connectivity index (χ0) is 20.3. The number of aromatic nitrogens is 4. The molecule has 0 fully saturated rings. The Morgan fingerprint density at radius 2 is 1.60 bits per heavy atom. The van der Waals surface area contributed by atoms with Crippen molar-refractivity contribution < 1.29 is 0 Å². The Labute approximate surface area is 172 Å². The van der Waals surface area contributed by atoms with Gasteiger partial charge < -0.3 is 4.98 Å². The predicted octanol–water partition coefficient (Wildman–Crippen LogP) is 5.15. The van der Waals surface area contributed by atoms with Crippen LogP contribution in [0.4, 0.5) is 0 Å². The van der Waals surface area contributed by atoms with Gasteiger partial charge in [0, 0.05) is 34.4 Å². The fourth-order valence-corrected chi connectivity index (χ4v) is 3.55. The lowest BCUT2D eigenvalue weighted by molar-refractivity contribution is 0.996. The van der Waals surface area contributed by atoms with Gasteiger partial charge in [0.1, 0.15) is 0 Å². The standard InChI is InChI=1S/C25H18N4O/c30-25-21(16-23(28-29-25)18-12-14-26-15-13-18)24-20(11-10-17-6-2-1-3-7-17)19-8-4-5-9-22(19)27-24/h1-16,27H,(H,29,30). The third-order valence-electron chi connectivity index (χ3n) is 5.04. The van der Waals surface area contributed by atoms with Crippen molar-refractivity contribution in [2.24, 2.45) is 0 Å². The molecule has 144 valence electrons. The molecule has 0 aliphatic heterocycles. The highest BCUT2D eigenvalue weighted by Crippen LogP contribution is 2.31. The van der Waals surface area contributed by atoms with Gasteiger partial charge in [0.05, 0.1) is 17.0 Å². The summed E-state index contributed by atoms with van der Waals surface area (Å²) in [6.45, 7) is 0. The predicted molar refractivity (Wildman–Crippen MR) is 121 cm³/mol. The Morgan fingerprint density at radius 3 is 2.43 bits per heavy atom. The molecule has 0 spiro atoms. The average Bonchev–Trinajstić information content (AvgIpc) is 3.17. The Kier molecular flexibility index (Phi) is 4.54. The molecule has 3 heterocycles. The Hall–Kier alpha value is -4.25. The molecular formula is C25H18N4O. The van der Waals surface area contributed by atoms with Gasteiger partial charge in [-0.3, -0.25) is 9.78 Å². The summed E-state index contributed by atoms with van der Waals surface area (Å²) < 4.78 is 0. The summed E-state index contributed by atoms with van der Waals surface area (Å²) in [5.41, 5.74) is 5.67. The number of para-hydroxylation sites is 1. The van der Waals surface area contributed by atoms with Crippen molar-refractivity contribution in [2.45, 2.75) is 0 Å². The number of aromatic amines is 2. The number of H-pyrrole nitrogens is 2. The smallest absolute Gasteiger partial charge is 0.273 e. The maximum Gasteiger partial charge on any atom is 0.273 e. The lowest BCUT2D eigenvalue weighted by Gasteiger charge is -2.04. The van der Waals surface area contributed by atoms with E-state index in [9.17, 15) is 4.79 Å². The second-order valence-electron chi connectivity index (χ2n) is 6.94. The third-order valence-corrected chi connectivity index (χ3v) is 5.04. The molecule has 0 unspecified atom stereocenters. The fraction of sp³-hybridized carbons (Fsp3) is 0. The van der Waals surface area contributed by atoms with E-state index in [1.54, 1.807) is 12.4 Å². The Morgan fingerprint density at radius 1 is 0.833 bits per heavy atom. The molecular weight excluding hydrogens is 372 g/mol. The highest BCUT2D eigenvalue weighted by atomic mass is 16.1. The minimum absolute atomic E-state index is 0.242. The number of nitrogens with zero attached hydrogens (tertiary/aromatic N) is 2. The molecule has 0 atom stereocenters. The molecule has 5 rings (SSSR count). The van der Waals surface area contributed by atoms with Crippen molar-refractivity contribution in [3.8, 4) is 22.5 Å². The van der Waals surface area contributed by atoms with E-state index < -0.39 is 0 Å².